The fraction of sp³-hybridized carbons (Fsp3) is 0.750. The minimum absolute atomic E-state index is 0.502. The predicted molar refractivity (Wildman–Crippen MR) is 64.0 cm³/mol. The van der Waals surface area contributed by atoms with E-state index in [0.29, 0.717) is 6.04 Å². The van der Waals surface area contributed by atoms with Gasteiger partial charge in [0.15, 0.2) is 0 Å². The highest BCUT2D eigenvalue weighted by molar-refractivity contribution is 5.80. The van der Waals surface area contributed by atoms with E-state index in [1.54, 1.807) is 0 Å². The maximum Gasteiger partial charge on any atom is 0.106 e. The summed E-state index contributed by atoms with van der Waals surface area (Å²) in [4.78, 5) is 6.82. The molecule has 3 nitrogen and oxygen atoms in total. The lowest BCUT2D eigenvalue weighted by molar-refractivity contribution is 0.269. The van der Waals surface area contributed by atoms with Gasteiger partial charge in [-0.25, -0.2) is 0 Å². The second kappa shape index (κ2) is 4.25. The van der Waals surface area contributed by atoms with Gasteiger partial charge in [0.1, 0.15) is 5.82 Å². The summed E-state index contributed by atoms with van der Waals surface area (Å²) < 4.78 is 0. The van der Waals surface area contributed by atoms with Crippen LogP contribution >= 0.6 is 0 Å². The Morgan fingerprint density at radius 2 is 2.27 bits per heavy atom. The molecule has 2 unspecified atom stereocenters. The first kappa shape index (κ1) is 10.5. The van der Waals surface area contributed by atoms with E-state index in [2.05, 4.69) is 42.3 Å². The Kier molecular flexibility index (Phi) is 2.98. The van der Waals surface area contributed by atoms with Crippen molar-refractivity contribution < 1.29 is 0 Å². The van der Waals surface area contributed by atoms with Crippen molar-refractivity contribution in [1.82, 2.24) is 10.2 Å². The van der Waals surface area contributed by atoms with Crippen molar-refractivity contribution in [2.24, 2.45) is 10.9 Å². The monoisotopic (exact) mass is 207 g/mol. The molecular weight excluding hydrogens is 186 g/mol. The van der Waals surface area contributed by atoms with E-state index in [-0.39, 0.29) is 0 Å². The fourth-order valence-corrected chi connectivity index (χ4v) is 2.29. The largest absolute Gasteiger partial charge is 0.371 e. The van der Waals surface area contributed by atoms with E-state index in [4.69, 9.17) is 0 Å². The third kappa shape index (κ3) is 2.33. The molecule has 3 heteroatoms. The van der Waals surface area contributed by atoms with Crippen LogP contribution in [0, 0.1) is 5.92 Å². The molecule has 0 aromatic rings. The molecule has 0 bridgehead atoms. The van der Waals surface area contributed by atoms with Gasteiger partial charge in [0, 0.05) is 38.0 Å². The van der Waals surface area contributed by atoms with Crippen molar-refractivity contribution in [2.75, 3.05) is 20.1 Å². The summed E-state index contributed by atoms with van der Waals surface area (Å²) in [5, 5.41) is 3.52. The van der Waals surface area contributed by atoms with E-state index in [1.165, 1.54) is 17.8 Å². The Morgan fingerprint density at radius 1 is 1.47 bits per heavy atom. The van der Waals surface area contributed by atoms with Gasteiger partial charge in [0.05, 0.1) is 0 Å². The van der Waals surface area contributed by atoms with Crippen molar-refractivity contribution in [3.63, 3.8) is 0 Å². The zero-order chi connectivity index (χ0) is 10.8. The predicted octanol–water partition coefficient (Wildman–Crippen LogP) is 1.62. The quantitative estimate of drug-likeness (QED) is 0.653. The van der Waals surface area contributed by atoms with Gasteiger partial charge in [-0.2, -0.15) is 0 Å². The van der Waals surface area contributed by atoms with Crippen LogP contribution in [0.5, 0.6) is 0 Å². The number of nitrogens with zero attached hydrogens (tertiary/aromatic N) is 2. The molecule has 1 N–H and O–H groups in total. The topological polar surface area (TPSA) is 27.6 Å². The van der Waals surface area contributed by atoms with Gasteiger partial charge >= 0.3 is 0 Å². The summed E-state index contributed by atoms with van der Waals surface area (Å²) in [5.41, 5.74) is 1.38. The van der Waals surface area contributed by atoms with E-state index < -0.39 is 0 Å². The summed E-state index contributed by atoms with van der Waals surface area (Å²) >= 11 is 0. The van der Waals surface area contributed by atoms with Gasteiger partial charge in [-0.1, -0.05) is 6.92 Å². The van der Waals surface area contributed by atoms with Crippen LogP contribution in [0.15, 0.2) is 16.4 Å². The molecule has 15 heavy (non-hydrogen) atoms. The summed E-state index contributed by atoms with van der Waals surface area (Å²) in [5.74, 6) is 2.03. The molecule has 1 fully saturated rings. The van der Waals surface area contributed by atoms with E-state index in [1.807, 2.05) is 0 Å². The Hall–Kier alpha value is -0.990. The van der Waals surface area contributed by atoms with Crippen molar-refractivity contribution in [1.29, 1.82) is 0 Å². The first-order valence-corrected chi connectivity index (χ1v) is 5.88. The van der Waals surface area contributed by atoms with Crippen LogP contribution in [0.25, 0.3) is 0 Å². The number of rotatable bonds is 0. The third-order valence-electron chi connectivity index (χ3n) is 3.21. The minimum atomic E-state index is 0.502. The maximum atomic E-state index is 4.49. The fourth-order valence-electron chi connectivity index (χ4n) is 2.29. The van der Waals surface area contributed by atoms with Crippen LogP contribution in [-0.2, 0) is 0 Å². The van der Waals surface area contributed by atoms with Crippen molar-refractivity contribution in [3.05, 3.63) is 11.4 Å². The van der Waals surface area contributed by atoms with Gasteiger partial charge in [-0.15, -0.1) is 0 Å². The van der Waals surface area contributed by atoms with E-state index >= 15 is 0 Å². The lowest BCUT2D eigenvalue weighted by Gasteiger charge is -2.35. The Bertz CT molecular complexity index is 293. The van der Waals surface area contributed by atoms with Gasteiger partial charge < -0.3 is 10.2 Å². The Morgan fingerprint density at radius 3 is 2.87 bits per heavy atom. The normalized spacial score (nSPS) is 36.6. The van der Waals surface area contributed by atoms with Gasteiger partial charge in [0.25, 0.3) is 0 Å². The van der Waals surface area contributed by atoms with Crippen molar-refractivity contribution in [3.8, 4) is 0 Å². The van der Waals surface area contributed by atoms with Crippen molar-refractivity contribution in [2.45, 2.75) is 32.7 Å². The van der Waals surface area contributed by atoms with E-state index in [9.17, 15) is 0 Å². The number of allylic oxidation sites excluding steroid dienone is 1. The SMILES string of the molecule is CC1CN/C(=C2\C=NC(C)CC2)N(C)C1. The van der Waals surface area contributed by atoms with Crippen LogP contribution in [-0.4, -0.2) is 37.3 Å². The molecule has 0 aromatic carbocycles. The van der Waals surface area contributed by atoms with Gasteiger partial charge in [-0.3, -0.25) is 4.99 Å². The number of aliphatic imine (C=N–C) groups is 1. The molecule has 1 saturated heterocycles. The van der Waals surface area contributed by atoms with Crippen LogP contribution in [0.3, 0.4) is 0 Å². The molecule has 2 aliphatic rings. The molecule has 2 aliphatic heterocycles. The first-order valence-electron chi connectivity index (χ1n) is 5.88. The molecule has 2 atom stereocenters. The molecule has 0 aliphatic carbocycles. The van der Waals surface area contributed by atoms with E-state index in [0.717, 1.165) is 25.4 Å². The van der Waals surface area contributed by atoms with Crippen LogP contribution in [0.4, 0.5) is 0 Å². The molecule has 0 radical (unpaired) electrons. The Balaban J connectivity index is 2.14. The third-order valence-corrected chi connectivity index (χ3v) is 3.21. The highest BCUT2D eigenvalue weighted by Gasteiger charge is 2.20. The zero-order valence-electron chi connectivity index (χ0n) is 9.95. The smallest absolute Gasteiger partial charge is 0.106 e. The maximum absolute atomic E-state index is 4.49. The summed E-state index contributed by atoms with van der Waals surface area (Å²) in [7, 11) is 2.16. The van der Waals surface area contributed by atoms with Gasteiger partial charge in [-0.05, 0) is 25.7 Å². The van der Waals surface area contributed by atoms with Crippen molar-refractivity contribution >= 4 is 6.21 Å². The average Bonchev–Trinajstić information content (AvgIpc) is 2.20. The molecular formula is C12H21N3. The Labute approximate surface area is 92.3 Å². The number of hydrogen-bond donors (Lipinski definition) is 1. The van der Waals surface area contributed by atoms with Crippen LogP contribution in [0.1, 0.15) is 26.7 Å². The summed E-state index contributed by atoms with van der Waals surface area (Å²) in [6.45, 7) is 6.70. The number of nitrogens with one attached hydrogen (secondary N) is 1. The molecule has 84 valence electrons. The molecule has 0 spiro atoms. The summed E-state index contributed by atoms with van der Waals surface area (Å²) in [6, 6.07) is 0.502. The zero-order valence-corrected chi connectivity index (χ0v) is 9.95. The van der Waals surface area contributed by atoms with Gasteiger partial charge in [0.2, 0.25) is 0 Å². The average molecular weight is 207 g/mol. The molecule has 0 amide bonds. The lowest BCUT2D eigenvalue weighted by Crippen LogP contribution is -2.43. The second-order valence-electron chi connectivity index (χ2n) is 4.91. The highest BCUT2D eigenvalue weighted by Crippen LogP contribution is 2.20. The molecule has 2 heterocycles. The molecule has 0 aromatic heterocycles. The number of hydrogen-bond acceptors (Lipinski definition) is 3. The minimum Gasteiger partial charge on any atom is -0.371 e. The molecule has 0 saturated carbocycles. The summed E-state index contributed by atoms with van der Waals surface area (Å²) in [6.07, 6.45) is 4.40. The highest BCUT2D eigenvalue weighted by atomic mass is 15.2. The second-order valence-corrected chi connectivity index (χ2v) is 4.91. The first-order chi connectivity index (χ1) is 7.16. The van der Waals surface area contributed by atoms with Crippen LogP contribution in [0.2, 0.25) is 0 Å². The van der Waals surface area contributed by atoms with Crippen LogP contribution < -0.4 is 5.32 Å². The lowest BCUT2D eigenvalue weighted by atomic mass is 10.0. The molecule has 2 rings (SSSR count). The standard InChI is InChI=1S/C12H21N3/c1-9-6-14-12(15(3)8-9)11-5-4-10(2)13-7-11/h7,9-10,14H,4-6,8H2,1-3H3/b12-11+.